The van der Waals surface area contributed by atoms with Crippen molar-refractivity contribution in [2.24, 2.45) is 11.8 Å². The molecule has 2 amide bonds. The van der Waals surface area contributed by atoms with Gasteiger partial charge in [0.2, 0.25) is 11.8 Å². The van der Waals surface area contributed by atoms with Gasteiger partial charge in [0, 0.05) is 18.7 Å². The van der Waals surface area contributed by atoms with Gasteiger partial charge in [-0.15, -0.1) is 0 Å². The topological polar surface area (TPSA) is 67.4 Å². The fourth-order valence-corrected chi connectivity index (χ4v) is 3.16. The van der Waals surface area contributed by atoms with E-state index in [0.29, 0.717) is 31.7 Å². The number of nitrogens with one attached hydrogen (secondary N) is 2. The molecule has 0 saturated carbocycles. The van der Waals surface area contributed by atoms with Crippen LogP contribution in [-0.2, 0) is 22.6 Å². The van der Waals surface area contributed by atoms with Gasteiger partial charge < -0.3 is 15.4 Å². The number of carbonyl (C=O) groups excluding carboxylic acids is 2. The van der Waals surface area contributed by atoms with Crippen LogP contribution >= 0.6 is 0 Å². The Balaban J connectivity index is 1.59. The Morgan fingerprint density at radius 3 is 2.64 bits per heavy atom. The molecule has 0 unspecified atom stereocenters. The maximum absolute atomic E-state index is 13.0. The van der Waals surface area contributed by atoms with E-state index >= 15 is 0 Å². The molecule has 0 aliphatic carbocycles. The van der Waals surface area contributed by atoms with Crippen molar-refractivity contribution in [2.45, 2.75) is 33.2 Å². The highest BCUT2D eigenvalue weighted by Gasteiger charge is 2.26. The highest BCUT2D eigenvalue weighted by atomic mass is 19.1. The zero-order valence-corrected chi connectivity index (χ0v) is 16.1. The first-order valence-corrected chi connectivity index (χ1v) is 9.48. The summed E-state index contributed by atoms with van der Waals surface area (Å²) in [4.78, 5) is 24.5. The molecular formula is C22H25FN2O3. The van der Waals surface area contributed by atoms with Crippen molar-refractivity contribution in [1.82, 2.24) is 5.32 Å². The quantitative estimate of drug-likeness (QED) is 0.798. The molecule has 2 aromatic rings. The Kier molecular flexibility index (Phi) is 6.29. The standard InChI is InChI=1S/C22H25FN2O3/c1-14(2)9-21(26)25-19-7-8-20-16(11-19)10-17(13-28-20)22(27)24-12-15-3-5-18(23)6-4-15/h3-8,11,14,17H,9-10,12-13H2,1-2H3,(H,24,27)(H,25,26)/t17-/m0/s1. The van der Waals surface area contributed by atoms with Crippen molar-refractivity contribution in [3.8, 4) is 5.75 Å². The van der Waals surface area contributed by atoms with E-state index in [1.165, 1.54) is 12.1 Å². The largest absolute Gasteiger partial charge is 0.492 e. The van der Waals surface area contributed by atoms with Crippen LogP contribution in [0.25, 0.3) is 0 Å². The molecule has 0 fully saturated rings. The van der Waals surface area contributed by atoms with Crippen LogP contribution in [0.4, 0.5) is 10.1 Å². The number of hydrogen-bond donors (Lipinski definition) is 2. The van der Waals surface area contributed by atoms with E-state index in [0.717, 1.165) is 16.9 Å². The number of benzene rings is 2. The number of halogens is 1. The van der Waals surface area contributed by atoms with Crippen LogP contribution in [0.1, 0.15) is 31.4 Å². The average Bonchev–Trinajstić information content (AvgIpc) is 2.66. The SMILES string of the molecule is CC(C)CC(=O)Nc1ccc2c(c1)C[C@H](C(=O)NCc1ccc(F)cc1)CO2. The first-order chi connectivity index (χ1) is 13.4. The summed E-state index contributed by atoms with van der Waals surface area (Å²) >= 11 is 0. The first-order valence-electron chi connectivity index (χ1n) is 9.48. The molecule has 0 saturated heterocycles. The highest BCUT2D eigenvalue weighted by Crippen LogP contribution is 2.30. The zero-order valence-electron chi connectivity index (χ0n) is 16.1. The predicted octanol–water partition coefficient (Wildman–Crippen LogP) is 3.68. The smallest absolute Gasteiger partial charge is 0.227 e. The zero-order chi connectivity index (χ0) is 20.1. The number of rotatable bonds is 6. The van der Waals surface area contributed by atoms with Gasteiger partial charge in [0.05, 0.1) is 5.92 Å². The van der Waals surface area contributed by atoms with E-state index in [1.54, 1.807) is 12.1 Å². The van der Waals surface area contributed by atoms with Crippen LogP contribution in [0.5, 0.6) is 5.75 Å². The lowest BCUT2D eigenvalue weighted by molar-refractivity contribution is -0.126. The molecule has 0 aromatic heterocycles. The average molecular weight is 384 g/mol. The molecule has 28 heavy (non-hydrogen) atoms. The molecule has 1 heterocycles. The monoisotopic (exact) mass is 384 g/mol. The molecule has 3 rings (SSSR count). The Bertz CT molecular complexity index is 849. The lowest BCUT2D eigenvalue weighted by atomic mass is 9.95. The Morgan fingerprint density at radius 1 is 1.18 bits per heavy atom. The Labute approximate surface area is 164 Å². The van der Waals surface area contributed by atoms with Crippen LogP contribution in [0.15, 0.2) is 42.5 Å². The summed E-state index contributed by atoms with van der Waals surface area (Å²) in [6.45, 7) is 4.64. The van der Waals surface area contributed by atoms with Gasteiger partial charge in [-0.05, 0) is 53.8 Å². The van der Waals surface area contributed by atoms with E-state index in [9.17, 15) is 14.0 Å². The van der Waals surface area contributed by atoms with Crippen LogP contribution in [0.3, 0.4) is 0 Å². The lowest BCUT2D eigenvalue weighted by Gasteiger charge is -2.25. The van der Waals surface area contributed by atoms with Gasteiger partial charge in [-0.3, -0.25) is 9.59 Å². The maximum atomic E-state index is 13.0. The second-order valence-corrected chi connectivity index (χ2v) is 7.52. The van der Waals surface area contributed by atoms with Gasteiger partial charge in [0.1, 0.15) is 18.2 Å². The number of amides is 2. The van der Waals surface area contributed by atoms with Gasteiger partial charge in [-0.25, -0.2) is 4.39 Å². The van der Waals surface area contributed by atoms with Gasteiger partial charge in [0.15, 0.2) is 0 Å². The minimum absolute atomic E-state index is 0.0275. The second kappa shape index (κ2) is 8.87. The van der Waals surface area contributed by atoms with Gasteiger partial charge >= 0.3 is 0 Å². The van der Waals surface area contributed by atoms with Crippen molar-refractivity contribution in [1.29, 1.82) is 0 Å². The molecule has 148 valence electrons. The first kappa shape index (κ1) is 19.9. The van der Waals surface area contributed by atoms with E-state index in [1.807, 2.05) is 32.0 Å². The number of carbonyl (C=O) groups is 2. The predicted molar refractivity (Wildman–Crippen MR) is 105 cm³/mol. The summed E-state index contributed by atoms with van der Waals surface area (Å²) in [7, 11) is 0. The van der Waals surface area contributed by atoms with Crippen molar-refractivity contribution in [3.05, 3.63) is 59.4 Å². The van der Waals surface area contributed by atoms with Gasteiger partial charge in [-0.1, -0.05) is 26.0 Å². The molecule has 2 aromatic carbocycles. The van der Waals surface area contributed by atoms with Crippen LogP contribution in [0, 0.1) is 17.7 Å². The minimum atomic E-state index is -0.311. The highest BCUT2D eigenvalue weighted by molar-refractivity contribution is 5.91. The van der Waals surface area contributed by atoms with E-state index in [4.69, 9.17) is 4.74 Å². The minimum Gasteiger partial charge on any atom is -0.492 e. The van der Waals surface area contributed by atoms with Crippen LogP contribution < -0.4 is 15.4 Å². The van der Waals surface area contributed by atoms with E-state index < -0.39 is 0 Å². The summed E-state index contributed by atoms with van der Waals surface area (Å²) in [5.41, 5.74) is 2.44. The molecular weight excluding hydrogens is 359 g/mol. The third-order valence-electron chi connectivity index (χ3n) is 4.60. The molecule has 0 radical (unpaired) electrons. The normalized spacial score (nSPS) is 15.5. The number of hydrogen-bond acceptors (Lipinski definition) is 3. The second-order valence-electron chi connectivity index (χ2n) is 7.52. The molecule has 2 N–H and O–H groups in total. The van der Waals surface area contributed by atoms with E-state index in [-0.39, 0.29) is 29.5 Å². The van der Waals surface area contributed by atoms with E-state index in [2.05, 4.69) is 10.6 Å². The maximum Gasteiger partial charge on any atom is 0.227 e. The van der Waals surface area contributed by atoms with Crippen molar-refractivity contribution in [3.63, 3.8) is 0 Å². The van der Waals surface area contributed by atoms with Crippen LogP contribution in [0.2, 0.25) is 0 Å². The van der Waals surface area contributed by atoms with Crippen molar-refractivity contribution in [2.75, 3.05) is 11.9 Å². The van der Waals surface area contributed by atoms with Gasteiger partial charge in [0.25, 0.3) is 0 Å². The summed E-state index contributed by atoms with van der Waals surface area (Å²) in [6, 6.07) is 11.5. The number of fused-ring (bicyclic) bond motifs is 1. The molecule has 1 aliphatic rings. The summed E-state index contributed by atoms with van der Waals surface area (Å²) in [5.74, 6) is 0.280. The fraction of sp³-hybridized carbons (Fsp3) is 0.364. The van der Waals surface area contributed by atoms with Gasteiger partial charge in [-0.2, -0.15) is 0 Å². The molecule has 5 nitrogen and oxygen atoms in total. The molecule has 1 atom stereocenters. The molecule has 0 bridgehead atoms. The van der Waals surface area contributed by atoms with Crippen molar-refractivity contribution < 1.29 is 18.7 Å². The third-order valence-corrected chi connectivity index (χ3v) is 4.60. The fourth-order valence-electron chi connectivity index (χ4n) is 3.16. The summed E-state index contributed by atoms with van der Waals surface area (Å²) in [6.07, 6.45) is 1.00. The Morgan fingerprint density at radius 2 is 1.93 bits per heavy atom. The van der Waals surface area contributed by atoms with Crippen LogP contribution in [-0.4, -0.2) is 18.4 Å². The summed E-state index contributed by atoms with van der Waals surface area (Å²) < 4.78 is 18.7. The number of ether oxygens (including phenoxy) is 1. The summed E-state index contributed by atoms with van der Waals surface area (Å²) in [5, 5.41) is 5.77. The number of anilines is 1. The molecule has 0 spiro atoms. The lowest BCUT2D eigenvalue weighted by Crippen LogP contribution is -2.37. The van der Waals surface area contributed by atoms with Crippen molar-refractivity contribution >= 4 is 17.5 Å². The molecule has 1 aliphatic heterocycles. The third kappa shape index (κ3) is 5.31. The molecule has 6 heteroatoms. The Hall–Kier alpha value is -2.89.